The van der Waals surface area contributed by atoms with E-state index in [1.165, 1.54) is 0 Å². The first-order chi connectivity index (χ1) is 8.33. The molecule has 5 nitrogen and oxygen atoms in total. The van der Waals surface area contributed by atoms with E-state index in [2.05, 4.69) is 20.2 Å². The molecule has 1 aromatic rings. The predicted molar refractivity (Wildman–Crippen MR) is 68.4 cm³/mol. The largest absolute Gasteiger partial charge is 0.377 e. The normalized spacial score (nSPS) is 20.4. The first-order valence-electron chi connectivity index (χ1n) is 6.21. The fraction of sp³-hybridized carbons (Fsp3) is 0.667. The lowest BCUT2D eigenvalue weighted by Gasteiger charge is -2.33. The Morgan fingerprint density at radius 2 is 2.47 bits per heavy atom. The maximum atomic E-state index is 5.69. The van der Waals surface area contributed by atoms with Crippen LogP contribution in [0.3, 0.4) is 0 Å². The zero-order chi connectivity index (χ0) is 12.1. The number of aromatic nitrogens is 2. The van der Waals surface area contributed by atoms with Crippen molar-refractivity contribution < 1.29 is 4.74 Å². The van der Waals surface area contributed by atoms with Crippen LogP contribution in [0.5, 0.6) is 0 Å². The van der Waals surface area contributed by atoms with Crippen LogP contribution >= 0.6 is 0 Å². The van der Waals surface area contributed by atoms with Crippen LogP contribution in [-0.2, 0) is 4.74 Å². The topological polar surface area (TPSA) is 50.3 Å². The molecule has 1 saturated heterocycles. The van der Waals surface area contributed by atoms with Crippen LogP contribution in [0.1, 0.15) is 19.8 Å². The van der Waals surface area contributed by atoms with E-state index in [0.29, 0.717) is 12.1 Å². The number of nitrogens with zero attached hydrogens (tertiary/aromatic N) is 3. The highest BCUT2D eigenvalue weighted by atomic mass is 16.5. The molecule has 2 rings (SSSR count). The summed E-state index contributed by atoms with van der Waals surface area (Å²) in [5.41, 5.74) is 0. The Hall–Kier alpha value is -1.36. The van der Waals surface area contributed by atoms with Crippen molar-refractivity contribution in [2.45, 2.75) is 25.9 Å². The molecule has 0 spiro atoms. The maximum absolute atomic E-state index is 5.69. The zero-order valence-corrected chi connectivity index (χ0v) is 10.5. The molecule has 17 heavy (non-hydrogen) atoms. The van der Waals surface area contributed by atoms with Crippen LogP contribution in [0.4, 0.5) is 11.8 Å². The number of hydrogen-bond acceptors (Lipinski definition) is 5. The minimum Gasteiger partial charge on any atom is -0.377 e. The fourth-order valence-corrected chi connectivity index (χ4v) is 2.16. The summed E-state index contributed by atoms with van der Waals surface area (Å²) >= 11 is 0. The van der Waals surface area contributed by atoms with Crippen molar-refractivity contribution in [2.75, 3.05) is 37.0 Å². The first-order valence-corrected chi connectivity index (χ1v) is 6.21. The van der Waals surface area contributed by atoms with Gasteiger partial charge in [-0.2, -0.15) is 4.98 Å². The van der Waals surface area contributed by atoms with Gasteiger partial charge in [0.25, 0.3) is 0 Å². The number of anilines is 2. The second kappa shape index (κ2) is 5.82. The van der Waals surface area contributed by atoms with Gasteiger partial charge in [0.15, 0.2) is 0 Å². The molecule has 1 atom stereocenters. The van der Waals surface area contributed by atoms with Gasteiger partial charge >= 0.3 is 0 Å². The quantitative estimate of drug-likeness (QED) is 0.859. The van der Waals surface area contributed by atoms with Crippen molar-refractivity contribution in [3.8, 4) is 0 Å². The molecule has 1 N–H and O–H groups in total. The van der Waals surface area contributed by atoms with E-state index in [0.717, 1.165) is 38.4 Å². The lowest BCUT2D eigenvalue weighted by Crippen LogP contribution is -2.40. The highest BCUT2D eigenvalue weighted by molar-refractivity contribution is 5.42. The molecule has 0 radical (unpaired) electrons. The van der Waals surface area contributed by atoms with Gasteiger partial charge in [-0.3, -0.25) is 0 Å². The Bertz CT molecular complexity index is 356. The van der Waals surface area contributed by atoms with E-state index in [4.69, 9.17) is 4.74 Å². The van der Waals surface area contributed by atoms with Gasteiger partial charge in [0.2, 0.25) is 5.95 Å². The smallest absolute Gasteiger partial charge is 0.224 e. The summed E-state index contributed by atoms with van der Waals surface area (Å²) < 4.78 is 5.69. The molecule has 5 heteroatoms. The molecule has 0 amide bonds. The number of hydrogen-bond donors (Lipinski definition) is 1. The van der Waals surface area contributed by atoms with Crippen molar-refractivity contribution >= 4 is 11.8 Å². The van der Waals surface area contributed by atoms with Crippen molar-refractivity contribution in [1.82, 2.24) is 9.97 Å². The second-order valence-electron chi connectivity index (χ2n) is 4.15. The van der Waals surface area contributed by atoms with Crippen LogP contribution in [0.2, 0.25) is 0 Å². The summed E-state index contributed by atoms with van der Waals surface area (Å²) in [7, 11) is 1.83. The Morgan fingerprint density at radius 1 is 1.59 bits per heavy atom. The maximum Gasteiger partial charge on any atom is 0.224 e. The fourth-order valence-electron chi connectivity index (χ4n) is 2.16. The summed E-state index contributed by atoms with van der Waals surface area (Å²) in [6.45, 7) is 4.80. The minimum absolute atomic E-state index is 0.335. The Balaban J connectivity index is 2.05. The number of piperidine rings is 1. The molecule has 0 aliphatic carbocycles. The second-order valence-corrected chi connectivity index (χ2v) is 4.15. The monoisotopic (exact) mass is 236 g/mol. The molecular formula is C12H20N4O. The number of nitrogens with one attached hydrogen (secondary N) is 1. The van der Waals surface area contributed by atoms with Crippen LogP contribution in [-0.4, -0.2) is 42.8 Å². The molecule has 0 saturated carbocycles. The van der Waals surface area contributed by atoms with Gasteiger partial charge in [0.1, 0.15) is 5.82 Å². The van der Waals surface area contributed by atoms with Crippen LogP contribution in [0, 0.1) is 0 Å². The van der Waals surface area contributed by atoms with Gasteiger partial charge < -0.3 is 15.0 Å². The van der Waals surface area contributed by atoms with Crippen molar-refractivity contribution in [3.63, 3.8) is 0 Å². The Morgan fingerprint density at radius 3 is 3.24 bits per heavy atom. The number of rotatable bonds is 4. The van der Waals surface area contributed by atoms with Gasteiger partial charge in [0, 0.05) is 32.9 Å². The van der Waals surface area contributed by atoms with E-state index >= 15 is 0 Å². The van der Waals surface area contributed by atoms with Crippen LogP contribution in [0.25, 0.3) is 0 Å². The van der Waals surface area contributed by atoms with E-state index in [1.807, 2.05) is 20.0 Å². The predicted octanol–water partition coefficient (Wildman–Crippen LogP) is 1.52. The molecule has 1 aromatic heterocycles. The summed E-state index contributed by atoms with van der Waals surface area (Å²) in [4.78, 5) is 10.9. The first kappa shape index (κ1) is 12.1. The van der Waals surface area contributed by atoms with Gasteiger partial charge in [-0.1, -0.05) is 0 Å². The lowest BCUT2D eigenvalue weighted by molar-refractivity contribution is 0.0525. The van der Waals surface area contributed by atoms with Crippen LogP contribution < -0.4 is 10.2 Å². The average Bonchev–Trinajstić information content (AvgIpc) is 2.40. The summed E-state index contributed by atoms with van der Waals surface area (Å²) in [5.74, 6) is 1.65. The molecule has 0 bridgehead atoms. The minimum atomic E-state index is 0.335. The van der Waals surface area contributed by atoms with E-state index in [1.54, 1.807) is 6.20 Å². The zero-order valence-electron chi connectivity index (χ0n) is 10.5. The van der Waals surface area contributed by atoms with Gasteiger partial charge in [-0.15, -0.1) is 0 Å². The average molecular weight is 236 g/mol. The molecule has 94 valence electrons. The molecule has 1 aliphatic heterocycles. The molecular weight excluding hydrogens is 216 g/mol. The molecule has 1 fully saturated rings. The third-order valence-electron chi connectivity index (χ3n) is 2.97. The summed E-state index contributed by atoms with van der Waals surface area (Å²) in [6, 6.07) is 1.95. The SMILES string of the molecule is CCOC1CCCN(c2ccnc(NC)n2)C1. The van der Waals surface area contributed by atoms with Crippen molar-refractivity contribution in [2.24, 2.45) is 0 Å². The highest BCUT2D eigenvalue weighted by Crippen LogP contribution is 2.19. The van der Waals surface area contributed by atoms with Crippen LogP contribution in [0.15, 0.2) is 12.3 Å². The van der Waals surface area contributed by atoms with Crippen molar-refractivity contribution in [3.05, 3.63) is 12.3 Å². The third kappa shape index (κ3) is 3.06. The van der Waals surface area contributed by atoms with Crippen molar-refractivity contribution in [1.29, 1.82) is 0 Å². The summed E-state index contributed by atoms with van der Waals surface area (Å²) in [6.07, 6.45) is 4.43. The molecule has 1 aliphatic rings. The Kier molecular flexibility index (Phi) is 4.14. The molecule has 1 unspecified atom stereocenters. The molecule has 2 heterocycles. The van der Waals surface area contributed by atoms with E-state index in [9.17, 15) is 0 Å². The number of ether oxygens (including phenoxy) is 1. The highest BCUT2D eigenvalue weighted by Gasteiger charge is 2.21. The lowest BCUT2D eigenvalue weighted by atomic mass is 10.1. The summed E-state index contributed by atoms with van der Waals surface area (Å²) in [5, 5.41) is 2.96. The Labute approximate surface area is 102 Å². The third-order valence-corrected chi connectivity index (χ3v) is 2.97. The van der Waals surface area contributed by atoms with Gasteiger partial charge in [-0.05, 0) is 25.8 Å². The van der Waals surface area contributed by atoms with Gasteiger partial charge in [0.05, 0.1) is 6.10 Å². The standard InChI is InChI=1S/C12H20N4O/c1-3-17-10-5-4-8-16(9-10)11-6-7-14-12(13-2)15-11/h6-7,10H,3-5,8-9H2,1-2H3,(H,13,14,15). The molecule has 0 aromatic carbocycles. The van der Waals surface area contributed by atoms with Gasteiger partial charge in [-0.25, -0.2) is 4.98 Å². The van der Waals surface area contributed by atoms with E-state index in [-0.39, 0.29) is 0 Å². The van der Waals surface area contributed by atoms with E-state index < -0.39 is 0 Å².